The van der Waals surface area contributed by atoms with E-state index in [0.29, 0.717) is 0 Å². The van der Waals surface area contributed by atoms with Crippen LogP contribution in [0.1, 0.15) is 45.2 Å². The fourth-order valence-electron chi connectivity index (χ4n) is 4.52. The first kappa shape index (κ1) is 23.8. The van der Waals surface area contributed by atoms with Gasteiger partial charge in [0, 0.05) is 23.4 Å². The van der Waals surface area contributed by atoms with E-state index >= 15 is 4.39 Å². The van der Waals surface area contributed by atoms with Gasteiger partial charge in [0.05, 0.1) is 11.2 Å². The van der Waals surface area contributed by atoms with Crippen LogP contribution in [0.4, 0.5) is 20.2 Å². The third-order valence-corrected chi connectivity index (χ3v) is 6.32. The summed E-state index contributed by atoms with van der Waals surface area (Å²) in [4.78, 5) is 28.9. The maximum atomic E-state index is 15.3. The summed E-state index contributed by atoms with van der Waals surface area (Å²) in [5, 5.41) is 2.16. The number of amides is 2. The molecule has 2 aliphatic rings. The molecule has 2 amide bonds. The summed E-state index contributed by atoms with van der Waals surface area (Å²) in [5.41, 5.74) is 1.94. The van der Waals surface area contributed by atoms with Crippen molar-refractivity contribution in [1.82, 2.24) is 5.32 Å². The van der Waals surface area contributed by atoms with E-state index in [1.807, 2.05) is 6.92 Å². The zero-order valence-electron chi connectivity index (χ0n) is 19.4. The molecular formula is C26H25F2N3O2S. The van der Waals surface area contributed by atoms with Crippen LogP contribution in [0, 0.1) is 11.6 Å². The predicted octanol–water partition coefficient (Wildman–Crippen LogP) is 5.21. The van der Waals surface area contributed by atoms with Gasteiger partial charge in [-0.3, -0.25) is 14.9 Å². The molecule has 2 aliphatic heterocycles. The molecule has 34 heavy (non-hydrogen) atoms. The first-order valence-corrected chi connectivity index (χ1v) is 11.4. The predicted molar refractivity (Wildman–Crippen MR) is 134 cm³/mol. The highest BCUT2D eigenvalue weighted by atomic mass is 32.1. The van der Waals surface area contributed by atoms with Crippen molar-refractivity contribution in [1.29, 1.82) is 0 Å². The molecule has 0 bridgehead atoms. The number of nitrogens with zero attached hydrogens (tertiary/aromatic N) is 2. The van der Waals surface area contributed by atoms with Gasteiger partial charge in [-0.2, -0.15) is 0 Å². The number of benzene rings is 2. The van der Waals surface area contributed by atoms with Gasteiger partial charge in [0.1, 0.15) is 17.2 Å². The van der Waals surface area contributed by atoms with Crippen LogP contribution in [-0.2, 0) is 9.59 Å². The van der Waals surface area contributed by atoms with Gasteiger partial charge in [-0.25, -0.2) is 13.7 Å². The Morgan fingerprint density at radius 1 is 1.09 bits per heavy atom. The van der Waals surface area contributed by atoms with Gasteiger partial charge in [0.25, 0.3) is 11.8 Å². The van der Waals surface area contributed by atoms with E-state index in [-0.39, 0.29) is 27.5 Å². The lowest BCUT2D eigenvalue weighted by Crippen LogP contribution is -2.54. The van der Waals surface area contributed by atoms with Crippen LogP contribution in [0.25, 0.3) is 11.6 Å². The molecule has 0 aromatic heterocycles. The summed E-state index contributed by atoms with van der Waals surface area (Å²) in [6.45, 7) is 8.92. The van der Waals surface area contributed by atoms with E-state index < -0.39 is 23.4 Å². The number of allylic oxidation sites excluding steroid dienone is 1. The standard InChI is InChI=1S/C26H25F2N3O2S/c1-5-10-30-22-13-20(28)16(11-17(22)15(2)14-26(30,3)4)12-18-23(32)29-25(34)31(24(18)33)21-9-7-6-8-19(21)27/h6-9,11-14H,5,10H2,1-4H3,(H,29,32,34)/b18-12-. The topological polar surface area (TPSA) is 52.7 Å². The molecule has 0 spiro atoms. The second kappa shape index (κ2) is 8.76. The van der Waals surface area contributed by atoms with E-state index in [1.165, 1.54) is 30.3 Å². The van der Waals surface area contributed by atoms with E-state index in [2.05, 4.69) is 37.1 Å². The van der Waals surface area contributed by atoms with Crippen LogP contribution in [0.15, 0.2) is 48.0 Å². The molecular weight excluding hydrogens is 456 g/mol. The van der Waals surface area contributed by atoms with E-state index in [9.17, 15) is 14.0 Å². The number of rotatable bonds is 4. The normalized spacial score (nSPS) is 18.7. The Balaban J connectivity index is 1.80. The average Bonchev–Trinajstić information content (AvgIpc) is 2.75. The molecule has 8 heteroatoms. The minimum atomic E-state index is -0.822. The van der Waals surface area contributed by atoms with Crippen LogP contribution >= 0.6 is 12.2 Å². The summed E-state index contributed by atoms with van der Waals surface area (Å²) in [6, 6.07) is 8.69. The Morgan fingerprint density at radius 3 is 2.47 bits per heavy atom. The molecule has 1 N–H and O–H groups in total. The lowest BCUT2D eigenvalue weighted by Gasteiger charge is -2.43. The van der Waals surface area contributed by atoms with Crippen LogP contribution < -0.4 is 15.1 Å². The number of anilines is 2. The Morgan fingerprint density at radius 2 is 1.79 bits per heavy atom. The summed E-state index contributed by atoms with van der Waals surface area (Å²) >= 11 is 5.11. The number of para-hydroxylation sites is 1. The fourth-order valence-corrected chi connectivity index (χ4v) is 4.80. The van der Waals surface area contributed by atoms with Crippen molar-refractivity contribution in [2.24, 2.45) is 0 Å². The lowest BCUT2D eigenvalue weighted by molar-refractivity contribution is -0.122. The van der Waals surface area contributed by atoms with Crippen LogP contribution in [0.5, 0.6) is 0 Å². The zero-order valence-corrected chi connectivity index (χ0v) is 20.2. The Kier molecular flexibility index (Phi) is 6.12. The fraction of sp³-hybridized carbons (Fsp3) is 0.269. The Labute approximate surface area is 202 Å². The van der Waals surface area contributed by atoms with Gasteiger partial charge in [-0.15, -0.1) is 0 Å². The molecule has 0 aliphatic carbocycles. The molecule has 176 valence electrons. The Hall–Kier alpha value is -3.39. The van der Waals surface area contributed by atoms with Gasteiger partial charge in [0.2, 0.25) is 0 Å². The molecule has 0 atom stereocenters. The second-order valence-electron chi connectivity index (χ2n) is 8.93. The van der Waals surface area contributed by atoms with Gasteiger partial charge in [0.15, 0.2) is 5.11 Å². The van der Waals surface area contributed by atoms with Crippen molar-refractivity contribution < 1.29 is 18.4 Å². The monoisotopic (exact) mass is 481 g/mol. The van der Waals surface area contributed by atoms with Crippen molar-refractivity contribution in [3.8, 4) is 0 Å². The number of hydrogen-bond acceptors (Lipinski definition) is 4. The largest absolute Gasteiger partial charge is 0.362 e. The number of halogens is 2. The van der Waals surface area contributed by atoms with Crippen molar-refractivity contribution >= 4 is 52.2 Å². The van der Waals surface area contributed by atoms with Crippen LogP contribution in [-0.4, -0.2) is 29.0 Å². The summed E-state index contributed by atoms with van der Waals surface area (Å²) in [7, 11) is 0. The highest BCUT2D eigenvalue weighted by molar-refractivity contribution is 7.80. The van der Waals surface area contributed by atoms with E-state index in [1.54, 1.807) is 12.1 Å². The first-order valence-electron chi connectivity index (χ1n) is 11.0. The number of nitrogens with one attached hydrogen (secondary N) is 1. The minimum Gasteiger partial charge on any atom is -0.362 e. The smallest absolute Gasteiger partial charge is 0.270 e. The molecule has 4 rings (SSSR count). The summed E-state index contributed by atoms with van der Waals surface area (Å²) in [5.74, 6) is -2.82. The number of hydrogen-bond donors (Lipinski definition) is 1. The van der Waals surface area contributed by atoms with Gasteiger partial charge in [-0.05, 0) is 75.3 Å². The molecule has 0 saturated carbocycles. The third-order valence-electron chi connectivity index (χ3n) is 6.04. The highest BCUT2D eigenvalue weighted by Gasteiger charge is 2.36. The van der Waals surface area contributed by atoms with Crippen LogP contribution in [0.2, 0.25) is 0 Å². The molecule has 2 heterocycles. The van der Waals surface area contributed by atoms with Crippen molar-refractivity contribution in [3.05, 3.63) is 70.8 Å². The van der Waals surface area contributed by atoms with E-state index in [0.717, 1.165) is 34.7 Å². The maximum absolute atomic E-state index is 15.3. The summed E-state index contributed by atoms with van der Waals surface area (Å²) in [6.07, 6.45) is 4.21. The molecule has 0 unspecified atom stereocenters. The quantitative estimate of drug-likeness (QED) is 0.370. The third kappa shape index (κ3) is 4.03. The highest BCUT2D eigenvalue weighted by Crippen LogP contribution is 2.40. The lowest BCUT2D eigenvalue weighted by atomic mass is 9.87. The Bertz CT molecular complexity index is 1280. The zero-order chi connectivity index (χ0) is 24.8. The molecule has 2 aromatic carbocycles. The molecule has 2 aromatic rings. The van der Waals surface area contributed by atoms with Gasteiger partial charge in [-0.1, -0.05) is 25.1 Å². The van der Waals surface area contributed by atoms with Gasteiger partial charge >= 0.3 is 0 Å². The van der Waals surface area contributed by atoms with Gasteiger partial charge < -0.3 is 4.90 Å². The van der Waals surface area contributed by atoms with Crippen molar-refractivity contribution in [2.45, 2.75) is 39.7 Å². The average molecular weight is 482 g/mol. The molecule has 1 fully saturated rings. The van der Waals surface area contributed by atoms with Crippen molar-refractivity contribution in [2.75, 3.05) is 16.3 Å². The molecule has 0 radical (unpaired) electrons. The number of carbonyl (C=O) groups is 2. The second-order valence-corrected chi connectivity index (χ2v) is 9.32. The SMILES string of the molecule is CCCN1c2cc(F)c(/C=C3/C(=O)NC(=S)N(c4ccccc4F)C3=O)cc2C(C)=CC1(C)C. The number of carbonyl (C=O) groups excluding carboxylic acids is 2. The van der Waals surface area contributed by atoms with Crippen LogP contribution in [0.3, 0.4) is 0 Å². The maximum Gasteiger partial charge on any atom is 0.270 e. The van der Waals surface area contributed by atoms with Crippen molar-refractivity contribution in [3.63, 3.8) is 0 Å². The molecule has 5 nitrogen and oxygen atoms in total. The number of thiocarbonyl (C=S) groups is 1. The minimum absolute atomic E-state index is 0.0856. The number of fused-ring (bicyclic) bond motifs is 1. The van der Waals surface area contributed by atoms with E-state index in [4.69, 9.17) is 12.2 Å². The summed E-state index contributed by atoms with van der Waals surface area (Å²) < 4.78 is 29.7. The molecule has 1 saturated heterocycles. The first-order chi connectivity index (χ1) is 16.0.